The summed E-state index contributed by atoms with van der Waals surface area (Å²) >= 11 is 0. The molecule has 0 bridgehead atoms. The third kappa shape index (κ3) is 6.67. The van der Waals surface area contributed by atoms with Crippen LogP contribution in [0.3, 0.4) is 0 Å². The molecule has 0 aliphatic carbocycles. The molecule has 0 spiro atoms. The van der Waals surface area contributed by atoms with Gasteiger partial charge in [-0.15, -0.1) is 0 Å². The van der Waals surface area contributed by atoms with Gasteiger partial charge in [0.15, 0.2) is 0 Å². The second-order valence-electron chi connectivity index (χ2n) is 6.76. The maximum atomic E-state index is 12.2. The first-order chi connectivity index (χ1) is 12.3. The van der Waals surface area contributed by atoms with E-state index >= 15 is 0 Å². The van der Waals surface area contributed by atoms with Crippen molar-refractivity contribution in [3.05, 3.63) is 23.8 Å². The molecule has 0 unspecified atom stereocenters. The number of hydrogen-bond donors (Lipinski definition) is 1. The average molecular weight is 363 g/mol. The second kappa shape index (κ2) is 10.8. The predicted octanol–water partition coefficient (Wildman–Crippen LogP) is 2.26. The molecule has 2 amide bonds. The molecule has 1 rings (SSSR count). The van der Waals surface area contributed by atoms with E-state index in [0.717, 1.165) is 43.0 Å². The molecule has 0 heterocycles. The molecule has 6 heteroatoms. The lowest BCUT2D eigenvalue weighted by Gasteiger charge is -2.26. The van der Waals surface area contributed by atoms with E-state index in [1.165, 1.54) is 6.92 Å². The maximum Gasteiger partial charge on any atom is 0.240 e. The van der Waals surface area contributed by atoms with Crippen molar-refractivity contribution in [1.29, 1.82) is 0 Å². The van der Waals surface area contributed by atoms with Gasteiger partial charge in [-0.3, -0.25) is 9.59 Å². The number of rotatable bonds is 10. The minimum absolute atomic E-state index is 0.0444. The zero-order chi connectivity index (χ0) is 19.7. The number of anilines is 2. The van der Waals surface area contributed by atoms with E-state index < -0.39 is 0 Å². The monoisotopic (exact) mass is 362 g/mol. The topological polar surface area (TPSA) is 55.9 Å². The summed E-state index contributed by atoms with van der Waals surface area (Å²) in [5, 5.41) is 2.89. The van der Waals surface area contributed by atoms with Crippen molar-refractivity contribution in [2.45, 2.75) is 34.1 Å². The van der Waals surface area contributed by atoms with E-state index in [1.54, 1.807) is 4.90 Å². The van der Waals surface area contributed by atoms with Crippen LogP contribution in [-0.2, 0) is 9.59 Å². The largest absolute Gasteiger partial charge is 0.372 e. The standard InChI is InChI=1S/C20H34N4O2/c1-7-23(8-2)18-10-11-19(16(3)14-18)24(17(4)25)15-20(26)21-12-9-13-22(5)6/h10-11,14H,7-9,12-13,15H2,1-6H3,(H,21,26). The van der Waals surface area contributed by atoms with Crippen molar-refractivity contribution in [3.63, 3.8) is 0 Å². The fraction of sp³-hybridized carbons (Fsp3) is 0.600. The number of amides is 2. The smallest absolute Gasteiger partial charge is 0.240 e. The van der Waals surface area contributed by atoms with Crippen LogP contribution in [0.1, 0.15) is 32.8 Å². The fourth-order valence-electron chi connectivity index (χ4n) is 2.92. The Morgan fingerprint density at radius 2 is 1.77 bits per heavy atom. The molecule has 0 saturated carbocycles. The van der Waals surface area contributed by atoms with E-state index in [-0.39, 0.29) is 18.4 Å². The van der Waals surface area contributed by atoms with Gasteiger partial charge >= 0.3 is 0 Å². The molecule has 0 radical (unpaired) electrons. The number of nitrogens with zero attached hydrogens (tertiary/aromatic N) is 3. The quantitative estimate of drug-likeness (QED) is 0.649. The van der Waals surface area contributed by atoms with Gasteiger partial charge in [-0.2, -0.15) is 0 Å². The SMILES string of the molecule is CCN(CC)c1ccc(N(CC(=O)NCCCN(C)C)C(C)=O)c(C)c1. The number of carbonyl (C=O) groups excluding carboxylic acids is 2. The van der Waals surface area contributed by atoms with Crippen LogP contribution in [0.15, 0.2) is 18.2 Å². The van der Waals surface area contributed by atoms with Crippen molar-refractivity contribution < 1.29 is 9.59 Å². The first kappa shape index (κ1) is 22.0. The summed E-state index contributed by atoms with van der Waals surface area (Å²) in [4.78, 5) is 30.2. The lowest BCUT2D eigenvalue weighted by Crippen LogP contribution is -2.40. The van der Waals surface area contributed by atoms with Gasteiger partial charge in [0.1, 0.15) is 6.54 Å². The molecule has 6 nitrogen and oxygen atoms in total. The normalized spacial score (nSPS) is 10.7. The first-order valence-electron chi connectivity index (χ1n) is 9.35. The first-order valence-corrected chi connectivity index (χ1v) is 9.35. The lowest BCUT2D eigenvalue weighted by molar-refractivity contribution is -0.123. The minimum atomic E-state index is -0.133. The summed E-state index contributed by atoms with van der Waals surface area (Å²) in [7, 11) is 4.01. The molecule has 1 aromatic rings. The maximum absolute atomic E-state index is 12.2. The summed E-state index contributed by atoms with van der Waals surface area (Å²) in [6.45, 7) is 11.2. The third-order valence-corrected chi connectivity index (χ3v) is 4.39. The van der Waals surface area contributed by atoms with E-state index in [1.807, 2.05) is 33.2 Å². The van der Waals surface area contributed by atoms with Gasteiger partial charge < -0.3 is 20.0 Å². The van der Waals surface area contributed by atoms with Crippen LogP contribution >= 0.6 is 0 Å². The van der Waals surface area contributed by atoms with E-state index in [2.05, 4.69) is 35.0 Å². The Bertz CT molecular complexity index is 597. The highest BCUT2D eigenvalue weighted by Crippen LogP contribution is 2.26. The number of hydrogen-bond acceptors (Lipinski definition) is 4. The van der Waals surface area contributed by atoms with Gasteiger partial charge in [0, 0.05) is 37.9 Å². The Labute approximate surface area is 158 Å². The van der Waals surface area contributed by atoms with E-state index in [0.29, 0.717) is 6.54 Å². The van der Waals surface area contributed by atoms with Crippen LogP contribution in [0, 0.1) is 6.92 Å². The number of benzene rings is 1. The molecule has 1 N–H and O–H groups in total. The highest BCUT2D eigenvalue weighted by Gasteiger charge is 2.18. The zero-order valence-electron chi connectivity index (χ0n) is 17.1. The highest BCUT2D eigenvalue weighted by molar-refractivity contribution is 5.98. The predicted molar refractivity (Wildman–Crippen MR) is 109 cm³/mol. The molecule has 0 aliphatic rings. The van der Waals surface area contributed by atoms with Crippen LogP contribution in [0.4, 0.5) is 11.4 Å². The van der Waals surface area contributed by atoms with Crippen molar-refractivity contribution in [2.75, 3.05) is 56.6 Å². The Hall–Kier alpha value is -2.08. The summed E-state index contributed by atoms with van der Waals surface area (Å²) in [5.41, 5.74) is 2.91. The highest BCUT2D eigenvalue weighted by atomic mass is 16.2. The van der Waals surface area contributed by atoms with Gasteiger partial charge in [0.2, 0.25) is 11.8 Å². The van der Waals surface area contributed by atoms with Crippen LogP contribution < -0.4 is 15.1 Å². The molecule has 0 aromatic heterocycles. The molecule has 0 fully saturated rings. The fourth-order valence-corrected chi connectivity index (χ4v) is 2.92. The summed E-state index contributed by atoms with van der Waals surface area (Å²) in [5.74, 6) is -0.265. The van der Waals surface area contributed by atoms with Gasteiger partial charge in [-0.05, 0) is 71.6 Å². The van der Waals surface area contributed by atoms with Crippen LogP contribution in [-0.4, -0.2) is 63.5 Å². The second-order valence-corrected chi connectivity index (χ2v) is 6.76. The molecule has 146 valence electrons. The van der Waals surface area contributed by atoms with E-state index in [4.69, 9.17) is 0 Å². The molecule has 26 heavy (non-hydrogen) atoms. The van der Waals surface area contributed by atoms with Gasteiger partial charge in [-0.25, -0.2) is 0 Å². The van der Waals surface area contributed by atoms with Crippen molar-refractivity contribution in [3.8, 4) is 0 Å². The third-order valence-electron chi connectivity index (χ3n) is 4.39. The average Bonchev–Trinajstić information content (AvgIpc) is 2.58. The molecule has 0 aliphatic heterocycles. The minimum Gasteiger partial charge on any atom is -0.372 e. The number of nitrogens with one attached hydrogen (secondary N) is 1. The number of carbonyl (C=O) groups is 2. The Morgan fingerprint density at radius 1 is 1.12 bits per heavy atom. The summed E-state index contributed by atoms with van der Waals surface area (Å²) in [6, 6.07) is 6.03. The van der Waals surface area contributed by atoms with Crippen LogP contribution in [0.5, 0.6) is 0 Å². The summed E-state index contributed by atoms with van der Waals surface area (Å²) in [6.07, 6.45) is 0.885. The molecular formula is C20H34N4O2. The van der Waals surface area contributed by atoms with Crippen LogP contribution in [0.25, 0.3) is 0 Å². The summed E-state index contributed by atoms with van der Waals surface area (Å²) < 4.78 is 0. The van der Waals surface area contributed by atoms with Gasteiger partial charge in [0.05, 0.1) is 0 Å². The zero-order valence-corrected chi connectivity index (χ0v) is 17.1. The van der Waals surface area contributed by atoms with Crippen LogP contribution in [0.2, 0.25) is 0 Å². The Morgan fingerprint density at radius 3 is 2.27 bits per heavy atom. The van der Waals surface area contributed by atoms with Crippen molar-refractivity contribution >= 4 is 23.2 Å². The van der Waals surface area contributed by atoms with Gasteiger partial charge in [0.25, 0.3) is 0 Å². The molecular weight excluding hydrogens is 328 g/mol. The Kier molecular flexibility index (Phi) is 9.13. The Balaban J connectivity index is 2.80. The molecule has 0 saturated heterocycles. The number of aryl methyl sites for hydroxylation is 1. The molecule has 0 atom stereocenters. The van der Waals surface area contributed by atoms with E-state index in [9.17, 15) is 9.59 Å². The molecule has 1 aromatic carbocycles. The van der Waals surface area contributed by atoms with Crippen molar-refractivity contribution in [2.24, 2.45) is 0 Å². The van der Waals surface area contributed by atoms with Crippen molar-refractivity contribution in [1.82, 2.24) is 10.2 Å². The lowest BCUT2D eigenvalue weighted by atomic mass is 10.1. The van der Waals surface area contributed by atoms with Gasteiger partial charge in [-0.1, -0.05) is 0 Å².